The van der Waals surface area contributed by atoms with Crippen LogP contribution in [0.1, 0.15) is 57.4 Å². The minimum Gasteiger partial charge on any atom is -0.381 e. The summed E-state index contributed by atoms with van der Waals surface area (Å²) in [5, 5.41) is 15.6. The highest BCUT2D eigenvalue weighted by molar-refractivity contribution is 4.94. The molecule has 0 radical (unpaired) electrons. The Labute approximate surface area is 108 Å². The molecule has 0 spiro atoms. The highest BCUT2D eigenvalue weighted by Crippen LogP contribution is 2.32. The third-order valence-electron chi connectivity index (χ3n) is 3.64. The lowest BCUT2D eigenvalue weighted by atomic mass is 10.2. The summed E-state index contributed by atoms with van der Waals surface area (Å²) in [5.41, 5.74) is 0. The van der Waals surface area contributed by atoms with E-state index in [9.17, 15) is 0 Å². The van der Waals surface area contributed by atoms with Crippen LogP contribution in [0.3, 0.4) is 0 Å². The number of tetrazole rings is 1. The lowest BCUT2D eigenvalue weighted by Gasteiger charge is -2.17. The molecule has 1 heterocycles. The fourth-order valence-electron chi connectivity index (χ4n) is 2.55. The molecule has 1 aromatic heterocycles. The van der Waals surface area contributed by atoms with E-state index in [-0.39, 0.29) is 6.04 Å². The molecular formula is C12H23N5O. The van der Waals surface area contributed by atoms with Gasteiger partial charge < -0.3 is 10.1 Å². The van der Waals surface area contributed by atoms with E-state index >= 15 is 0 Å². The van der Waals surface area contributed by atoms with Gasteiger partial charge in [-0.25, -0.2) is 4.68 Å². The largest absolute Gasteiger partial charge is 0.381 e. The quantitative estimate of drug-likeness (QED) is 0.831. The molecule has 2 rings (SSSR count). The Morgan fingerprint density at radius 1 is 1.50 bits per heavy atom. The zero-order valence-electron chi connectivity index (χ0n) is 11.5. The summed E-state index contributed by atoms with van der Waals surface area (Å²) >= 11 is 0. The van der Waals surface area contributed by atoms with Gasteiger partial charge in [0, 0.05) is 7.11 Å². The molecule has 1 N–H and O–H groups in total. The van der Waals surface area contributed by atoms with Crippen molar-refractivity contribution in [2.45, 2.75) is 57.7 Å². The van der Waals surface area contributed by atoms with E-state index in [1.807, 2.05) is 4.68 Å². The molecule has 0 bridgehead atoms. The van der Waals surface area contributed by atoms with Gasteiger partial charge in [0.15, 0.2) is 5.82 Å². The molecule has 1 saturated carbocycles. The van der Waals surface area contributed by atoms with Crippen LogP contribution in [0.2, 0.25) is 0 Å². The van der Waals surface area contributed by atoms with Gasteiger partial charge in [0.2, 0.25) is 0 Å². The Morgan fingerprint density at radius 2 is 2.33 bits per heavy atom. The van der Waals surface area contributed by atoms with Crippen molar-refractivity contribution in [3.63, 3.8) is 0 Å². The van der Waals surface area contributed by atoms with Crippen LogP contribution in [0.4, 0.5) is 0 Å². The van der Waals surface area contributed by atoms with Crippen LogP contribution in [-0.2, 0) is 4.74 Å². The standard InChI is InChI=1S/C12H23N5O/c1-4-7-13-9(2)12-14-15-16-17(12)10-5-6-11(8-10)18-3/h9-11,13H,4-8H2,1-3H3. The molecule has 6 heteroatoms. The van der Waals surface area contributed by atoms with E-state index in [2.05, 4.69) is 34.7 Å². The highest BCUT2D eigenvalue weighted by Gasteiger charge is 2.29. The van der Waals surface area contributed by atoms with Crippen LogP contribution in [0.25, 0.3) is 0 Å². The number of nitrogens with one attached hydrogen (secondary N) is 1. The summed E-state index contributed by atoms with van der Waals surface area (Å²) in [7, 11) is 1.78. The number of nitrogens with zero attached hydrogens (tertiary/aromatic N) is 4. The zero-order valence-corrected chi connectivity index (χ0v) is 11.5. The maximum atomic E-state index is 5.41. The molecule has 3 atom stereocenters. The van der Waals surface area contributed by atoms with Crippen molar-refractivity contribution in [3.05, 3.63) is 5.82 Å². The van der Waals surface area contributed by atoms with Crippen LogP contribution in [0, 0.1) is 0 Å². The normalized spacial score (nSPS) is 25.5. The van der Waals surface area contributed by atoms with Crippen molar-refractivity contribution in [2.75, 3.05) is 13.7 Å². The van der Waals surface area contributed by atoms with Gasteiger partial charge in [-0.05, 0) is 49.6 Å². The van der Waals surface area contributed by atoms with E-state index in [0.717, 1.165) is 38.1 Å². The van der Waals surface area contributed by atoms with E-state index in [0.29, 0.717) is 12.1 Å². The maximum absolute atomic E-state index is 5.41. The van der Waals surface area contributed by atoms with Crippen molar-refractivity contribution in [1.82, 2.24) is 25.5 Å². The minimum atomic E-state index is 0.196. The van der Waals surface area contributed by atoms with E-state index in [4.69, 9.17) is 4.74 Å². The maximum Gasteiger partial charge on any atom is 0.168 e. The third kappa shape index (κ3) is 2.87. The minimum absolute atomic E-state index is 0.196. The van der Waals surface area contributed by atoms with E-state index in [1.54, 1.807) is 7.11 Å². The Hall–Kier alpha value is -1.01. The van der Waals surface area contributed by atoms with Gasteiger partial charge in [-0.15, -0.1) is 5.10 Å². The van der Waals surface area contributed by atoms with Crippen molar-refractivity contribution in [3.8, 4) is 0 Å². The van der Waals surface area contributed by atoms with Crippen LogP contribution in [-0.4, -0.2) is 40.0 Å². The second-order valence-electron chi connectivity index (χ2n) is 4.98. The van der Waals surface area contributed by atoms with Crippen molar-refractivity contribution in [1.29, 1.82) is 0 Å². The van der Waals surface area contributed by atoms with Crippen molar-refractivity contribution >= 4 is 0 Å². The summed E-state index contributed by atoms with van der Waals surface area (Å²) < 4.78 is 7.39. The first-order valence-electron chi connectivity index (χ1n) is 6.80. The Balaban J connectivity index is 2.03. The lowest BCUT2D eigenvalue weighted by molar-refractivity contribution is 0.105. The van der Waals surface area contributed by atoms with Gasteiger partial charge >= 0.3 is 0 Å². The summed E-state index contributed by atoms with van der Waals surface area (Å²) in [6.07, 6.45) is 4.66. The molecule has 3 unspecified atom stereocenters. The second-order valence-corrected chi connectivity index (χ2v) is 4.98. The first-order valence-corrected chi connectivity index (χ1v) is 6.80. The van der Waals surface area contributed by atoms with Gasteiger partial charge in [-0.2, -0.15) is 0 Å². The van der Waals surface area contributed by atoms with Crippen LogP contribution < -0.4 is 5.32 Å². The van der Waals surface area contributed by atoms with Gasteiger partial charge in [-0.1, -0.05) is 6.92 Å². The second kappa shape index (κ2) is 6.24. The van der Waals surface area contributed by atoms with Crippen LogP contribution >= 0.6 is 0 Å². The topological polar surface area (TPSA) is 64.9 Å². The Morgan fingerprint density at radius 3 is 3.00 bits per heavy atom. The average molecular weight is 253 g/mol. The fraction of sp³-hybridized carbons (Fsp3) is 0.917. The highest BCUT2D eigenvalue weighted by atomic mass is 16.5. The predicted octanol–water partition coefficient (Wildman–Crippen LogP) is 1.47. The predicted molar refractivity (Wildman–Crippen MR) is 68.2 cm³/mol. The fourth-order valence-corrected chi connectivity index (χ4v) is 2.55. The van der Waals surface area contributed by atoms with Crippen LogP contribution in [0.5, 0.6) is 0 Å². The molecule has 6 nitrogen and oxygen atoms in total. The molecule has 102 valence electrons. The molecule has 1 fully saturated rings. The molecule has 18 heavy (non-hydrogen) atoms. The number of hydrogen-bond acceptors (Lipinski definition) is 5. The number of ether oxygens (including phenoxy) is 1. The number of methoxy groups -OCH3 is 1. The number of hydrogen-bond donors (Lipinski definition) is 1. The summed E-state index contributed by atoms with van der Waals surface area (Å²) in [6, 6.07) is 0.576. The van der Waals surface area contributed by atoms with Crippen molar-refractivity contribution in [2.24, 2.45) is 0 Å². The average Bonchev–Trinajstić information content (AvgIpc) is 3.03. The van der Waals surface area contributed by atoms with Gasteiger partial charge in [0.1, 0.15) is 0 Å². The van der Waals surface area contributed by atoms with E-state index < -0.39 is 0 Å². The number of aromatic nitrogens is 4. The van der Waals surface area contributed by atoms with Gasteiger partial charge in [0.25, 0.3) is 0 Å². The van der Waals surface area contributed by atoms with Gasteiger partial charge in [-0.3, -0.25) is 0 Å². The molecule has 0 aliphatic heterocycles. The summed E-state index contributed by atoms with van der Waals surface area (Å²) in [5.74, 6) is 0.935. The van der Waals surface area contributed by atoms with E-state index in [1.165, 1.54) is 0 Å². The molecule has 1 aliphatic rings. The SMILES string of the molecule is CCCNC(C)c1nnnn1C1CCC(OC)C1. The van der Waals surface area contributed by atoms with Crippen LogP contribution in [0.15, 0.2) is 0 Å². The zero-order chi connectivity index (χ0) is 13.0. The molecule has 0 saturated heterocycles. The Bertz CT molecular complexity index is 367. The smallest absolute Gasteiger partial charge is 0.168 e. The summed E-state index contributed by atoms with van der Waals surface area (Å²) in [4.78, 5) is 0. The third-order valence-corrected chi connectivity index (χ3v) is 3.64. The Kier molecular flexibility index (Phi) is 4.66. The molecule has 1 aliphatic carbocycles. The summed E-state index contributed by atoms with van der Waals surface area (Å²) in [6.45, 7) is 5.25. The molecule has 1 aromatic rings. The molecular weight excluding hydrogens is 230 g/mol. The lowest BCUT2D eigenvalue weighted by Crippen LogP contribution is -2.24. The molecule has 0 amide bonds. The van der Waals surface area contributed by atoms with Gasteiger partial charge in [0.05, 0.1) is 18.2 Å². The monoisotopic (exact) mass is 253 g/mol. The number of rotatable bonds is 6. The first-order chi connectivity index (χ1) is 8.76. The molecule has 0 aromatic carbocycles. The van der Waals surface area contributed by atoms with Crippen molar-refractivity contribution < 1.29 is 4.74 Å². The first kappa shape index (κ1) is 13.4.